The zero-order valence-electron chi connectivity index (χ0n) is 8.95. The number of nitrogen functional groups attached to an aromatic ring is 1. The maximum absolute atomic E-state index is 5.80. The van der Waals surface area contributed by atoms with Gasteiger partial charge >= 0.3 is 0 Å². The summed E-state index contributed by atoms with van der Waals surface area (Å²) in [5.74, 6) is 0.542. The van der Waals surface area contributed by atoms with Crippen molar-refractivity contribution in [2.75, 3.05) is 18.8 Å². The van der Waals surface area contributed by atoms with Gasteiger partial charge in [0.15, 0.2) is 0 Å². The molecule has 2 unspecified atom stereocenters. The van der Waals surface area contributed by atoms with Crippen molar-refractivity contribution in [3.63, 3.8) is 0 Å². The molecule has 82 valence electrons. The van der Waals surface area contributed by atoms with Gasteiger partial charge in [-0.3, -0.25) is 0 Å². The third-order valence-corrected chi connectivity index (χ3v) is 3.16. The van der Waals surface area contributed by atoms with Crippen LogP contribution in [-0.4, -0.2) is 13.1 Å². The van der Waals surface area contributed by atoms with E-state index in [-0.39, 0.29) is 0 Å². The lowest BCUT2D eigenvalue weighted by molar-refractivity contribution is 0.291. The minimum Gasteiger partial charge on any atom is -0.399 e. The molecule has 1 aromatic carbocycles. The van der Waals surface area contributed by atoms with Crippen molar-refractivity contribution < 1.29 is 0 Å². The van der Waals surface area contributed by atoms with Crippen LogP contribution in [0.4, 0.5) is 5.69 Å². The first-order valence-electron chi connectivity index (χ1n) is 5.60. The van der Waals surface area contributed by atoms with E-state index in [0.29, 0.717) is 12.0 Å². The molecule has 0 spiro atoms. The Morgan fingerprint density at radius 2 is 2.27 bits per heavy atom. The van der Waals surface area contributed by atoms with E-state index >= 15 is 0 Å². The molecule has 2 atom stereocenters. The quantitative estimate of drug-likeness (QED) is 0.637. The topological polar surface area (TPSA) is 64.1 Å². The van der Waals surface area contributed by atoms with E-state index in [0.717, 1.165) is 18.8 Å². The molecule has 0 amide bonds. The molecule has 15 heavy (non-hydrogen) atoms. The summed E-state index contributed by atoms with van der Waals surface area (Å²) in [6.07, 6.45) is 2.43. The second-order valence-electron chi connectivity index (χ2n) is 4.24. The van der Waals surface area contributed by atoms with Gasteiger partial charge in [-0.1, -0.05) is 12.1 Å². The van der Waals surface area contributed by atoms with Gasteiger partial charge in [-0.2, -0.15) is 0 Å². The largest absolute Gasteiger partial charge is 0.399 e. The highest BCUT2D eigenvalue weighted by atomic mass is 14.9. The standard InChI is InChI=1S/C12H19N3/c13-8-10-4-2-6-15-12(10)9-3-1-5-11(14)7-9/h1,3,5,7,10,12,15H,2,4,6,8,13-14H2. The highest BCUT2D eigenvalue weighted by Gasteiger charge is 2.24. The van der Waals surface area contributed by atoms with E-state index in [1.165, 1.54) is 18.4 Å². The number of hydrogen-bond acceptors (Lipinski definition) is 3. The Bertz CT molecular complexity index is 324. The summed E-state index contributed by atoms with van der Waals surface area (Å²) >= 11 is 0. The Kier molecular flexibility index (Phi) is 3.23. The van der Waals surface area contributed by atoms with Gasteiger partial charge in [-0.05, 0) is 49.5 Å². The number of piperidine rings is 1. The molecule has 5 N–H and O–H groups in total. The minimum absolute atomic E-state index is 0.382. The predicted molar refractivity (Wildman–Crippen MR) is 63.4 cm³/mol. The number of nitrogens with one attached hydrogen (secondary N) is 1. The SMILES string of the molecule is NCC1CCCNC1c1cccc(N)c1. The Labute approximate surface area is 90.8 Å². The fourth-order valence-corrected chi connectivity index (χ4v) is 2.35. The zero-order chi connectivity index (χ0) is 10.7. The van der Waals surface area contributed by atoms with Crippen LogP contribution in [0.15, 0.2) is 24.3 Å². The van der Waals surface area contributed by atoms with Crippen molar-refractivity contribution in [3.8, 4) is 0 Å². The lowest BCUT2D eigenvalue weighted by Gasteiger charge is -2.32. The summed E-state index contributed by atoms with van der Waals surface area (Å²) in [6, 6.07) is 8.48. The molecule has 2 rings (SSSR count). The van der Waals surface area contributed by atoms with E-state index in [1.807, 2.05) is 18.2 Å². The summed E-state index contributed by atoms with van der Waals surface area (Å²) < 4.78 is 0. The van der Waals surface area contributed by atoms with E-state index in [1.54, 1.807) is 0 Å². The fourth-order valence-electron chi connectivity index (χ4n) is 2.35. The third kappa shape index (κ3) is 2.30. The van der Waals surface area contributed by atoms with Crippen LogP contribution >= 0.6 is 0 Å². The molecule has 1 aromatic rings. The molecule has 0 aliphatic carbocycles. The van der Waals surface area contributed by atoms with Gasteiger partial charge in [-0.15, -0.1) is 0 Å². The summed E-state index contributed by atoms with van der Waals surface area (Å²) in [5, 5.41) is 3.53. The van der Waals surface area contributed by atoms with Gasteiger partial charge in [0.2, 0.25) is 0 Å². The number of rotatable bonds is 2. The second-order valence-corrected chi connectivity index (χ2v) is 4.24. The molecule has 1 saturated heterocycles. The third-order valence-electron chi connectivity index (χ3n) is 3.16. The summed E-state index contributed by atoms with van der Waals surface area (Å²) in [4.78, 5) is 0. The van der Waals surface area contributed by atoms with E-state index < -0.39 is 0 Å². The van der Waals surface area contributed by atoms with Crippen LogP contribution < -0.4 is 16.8 Å². The monoisotopic (exact) mass is 205 g/mol. The molecule has 3 heteroatoms. The van der Waals surface area contributed by atoms with Crippen molar-refractivity contribution in [1.82, 2.24) is 5.32 Å². The zero-order valence-corrected chi connectivity index (χ0v) is 8.95. The van der Waals surface area contributed by atoms with Crippen molar-refractivity contribution >= 4 is 5.69 Å². The maximum Gasteiger partial charge on any atom is 0.0361 e. The fraction of sp³-hybridized carbons (Fsp3) is 0.500. The number of nitrogens with two attached hydrogens (primary N) is 2. The molecular formula is C12H19N3. The Balaban J connectivity index is 2.20. The molecule has 1 fully saturated rings. The van der Waals surface area contributed by atoms with Crippen molar-refractivity contribution in [1.29, 1.82) is 0 Å². The molecular weight excluding hydrogens is 186 g/mol. The lowest BCUT2D eigenvalue weighted by atomic mass is 9.86. The number of anilines is 1. The summed E-state index contributed by atoms with van der Waals surface area (Å²) in [6.45, 7) is 1.82. The number of hydrogen-bond donors (Lipinski definition) is 3. The molecule has 0 radical (unpaired) electrons. The van der Waals surface area contributed by atoms with Gasteiger partial charge in [0.1, 0.15) is 0 Å². The van der Waals surface area contributed by atoms with Crippen molar-refractivity contribution in [3.05, 3.63) is 29.8 Å². The molecule has 0 bridgehead atoms. The normalized spacial score (nSPS) is 26.5. The van der Waals surface area contributed by atoms with Gasteiger partial charge in [0.25, 0.3) is 0 Å². The molecule has 1 heterocycles. The smallest absolute Gasteiger partial charge is 0.0361 e. The lowest BCUT2D eigenvalue weighted by Crippen LogP contribution is -2.37. The summed E-state index contributed by atoms with van der Waals surface area (Å²) in [7, 11) is 0. The first kappa shape index (κ1) is 10.5. The van der Waals surface area contributed by atoms with E-state index in [4.69, 9.17) is 11.5 Å². The average Bonchev–Trinajstić information content (AvgIpc) is 2.29. The molecule has 0 aromatic heterocycles. The summed E-state index contributed by atoms with van der Waals surface area (Å²) in [5.41, 5.74) is 13.7. The first-order valence-corrected chi connectivity index (χ1v) is 5.60. The molecule has 0 saturated carbocycles. The van der Waals surface area contributed by atoms with E-state index in [9.17, 15) is 0 Å². The molecule has 3 nitrogen and oxygen atoms in total. The van der Waals surface area contributed by atoms with Crippen LogP contribution in [0.2, 0.25) is 0 Å². The predicted octanol–water partition coefficient (Wildman–Crippen LogP) is 1.27. The highest BCUT2D eigenvalue weighted by molar-refractivity contribution is 5.42. The Hall–Kier alpha value is -1.06. The van der Waals surface area contributed by atoms with Gasteiger partial charge in [0, 0.05) is 11.7 Å². The van der Waals surface area contributed by atoms with Crippen LogP contribution in [0, 0.1) is 5.92 Å². The molecule has 1 aliphatic rings. The first-order chi connectivity index (χ1) is 7.31. The minimum atomic E-state index is 0.382. The van der Waals surface area contributed by atoms with Crippen LogP contribution in [0.5, 0.6) is 0 Å². The molecule has 1 aliphatic heterocycles. The van der Waals surface area contributed by atoms with Crippen molar-refractivity contribution in [2.45, 2.75) is 18.9 Å². The Morgan fingerprint density at radius 1 is 1.40 bits per heavy atom. The second kappa shape index (κ2) is 4.64. The van der Waals surface area contributed by atoms with Gasteiger partial charge in [-0.25, -0.2) is 0 Å². The maximum atomic E-state index is 5.80. The van der Waals surface area contributed by atoms with E-state index in [2.05, 4.69) is 11.4 Å². The van der Waals surface area contributed by atoms with Crippen LogP contribution in [-0.2, 0) is 0 Å². The van der Waals surface area contributed by atoms with Gasteiger partial charge < -0.3 is 16.8 Å². The van der Waals surface area contributed by atoms with Crippen molar-refractivity contribution in [2.24, 2.45) is 11.7 Å². The number of benzene rings is 1. The van der Waals surface area contributed by atoms with Crippen LogP contribution in [0.1, 0.15) is 24.4 Å². The van der Waals surface area contributed by atoms with Crippen LogP contribution in [0.3, 0.4) is 0 Å². The Morgan fingerprint density at radius 3 is 3.00 bits per heavy atom. The highest BCUT2D eigenvalue weighted by Crippen LogP contribution is 2.29. The average molecular weight is 205 g/mol. The van der Waals surface area contributed by atoms with Crippen LogP contribution in [0.25, 0.3) is 0 Å². The van der Waals surface area contributed by atoms with Gasteiger partial charge in [0.05, 0.1) is 0 Å².